The number of likely N-dealkylation sites (N-methyl/N-ethyl adjacent to an activating group) is 1. The number of methoxy groups -OCH3 is 1. The van der Waals surface area contributed by atoms with Crippen LogP contribution >= 0.6 is 0 Å². The Morgan fingerprint density at radius 1 is 0.957 bits per heavy atom. The monoisotopic (exact) mass is 645 g/mol. The molecule has 47 heavy (non-hydrogen) atoms. The number of hydrogen-bond acceptors (Lipinski definition) is 10. The van der Waals surface area contributed by atoms with Gasteiger partial charge in [0.1, 0.15) is 17.9 Å². The van der Waals surface area contributed by atoms with Crippen molar-refractivity contribution in [2.24, 2.45) is 7.05 Å². The second kappa shape index (κ2) is 13.4. The predicted octanol–water partition coefficient (Wildman–Crippen LogP) is 5.01. The molecule has 13 heteroatoms. The van der Waals surface area contributed by atoms with Gasteiger partial charge in [-0.3, -0.25) is 14.4 Å². The van der Waals surface area contributed by atoms with E-state index in [4.69, 9.17) is 9.57 Å². The van der Waals surface area contributed by atoms with E-state index in [1.807, 2.05) is 19.4 Å². The van der Waals surface area contributed by atoms with Crippen LogP contribution in [0.15, 0.2) is 55.1 Å². The molecule has 0 radical (unpaired) electrons. The number of hydroxylamine groups is 1. The van der Waals surface area contributed by atoms with Gasteiger partial charge in [-0.05, 0) is 32.0 Å². The van der Waals surface area contributed by atoms with Crippen LogP contribution in [0.25, 0.3) is 11.1 Å². The lowest BCUT2D eigenvalue weighted by atomic mass is 9.98. The molecule has 0 amide bonds. The van der Waals surface area contributed by atoms with Crippen molar-refractivity contribution >= 4 is 23.0 Å². The van der Waals surface area contributed by atoms with Crippen molar-refractivity contribution < 1.29 is 18.4 Å². The van der Waals surface area contributed by atoms with E-state index in [1.165, 1.54) is 17.5 Å². The highest BCUT2D eigenvalue weighted by Gasteiger charge is 2.32. The molecule has 0 unspecified atom stereocenters. The molecule has 3 saturated heterocycles. The molecule has 2 aromatic heterocycles. The van der Waals surface area contributed by atoms with Crippen LogP contribution in [0.1, 0.15) is 30.9 Å². The third-order valence-corrected chi connectivity index (χ3v) is 9.58. The zero-order chi connectivity index (χ0) is 32.5. The van der Waals surface area contributed by atoms with Crippen LogP contribution in [-0.2, 0) is 11.9 Å². The summed E-state index contributed by atoms with van der Waals surface area (Å²) >= 11 is 0. The first-order valence-electron chi connectivity index (χ1n) is 16.2. The van der Waals surface area contributed by atoms with Crippen LogP contribution < -0.4 is 20.0 Å². The second-order valence-electron chi connectivity index (χ2n) is 12.5. The van der Waals surface area contributed by atoms with Crippen LogP contribution in [0, 0.1) is 11.6 Å². The van der Waals surface area contributed by atoms with Crippen molar-refractivity contribution in [3.63, 3.8) is 0 Å². The minimum Gasteiger partial charge on any atom is -0.494 e. The number of ether oxygens (including phenoxy) is 1. The van der Waals surface area contributed by atoms with Crippen molar-refractivity contribution in [1.29, 1.82) is 0 Å². The first kappa shape index (κ1) is 31.3. The Bertz CT molecular complexity index is 1700. The van der Waals surface area contributed by atoms with E-state index in [2.05, 4.69) is 54.3 Å². The molecule has 3 aliphatic heterocycles. The molecule has 4 aromatic rings. The number of nitrogens with one attached hydrogen (secondary N) is 1. The van der Waals surface area contributed by atoms with E-state index in [0.717, 1.165) is 80.7 Å². The molecule has 1 atom stereocenters. The van der Waals surface area contributed by atoms with Crippen molar-refractivity contribution in [2.75, 3.05) is 75.3 Å². The second-order valence-corrected chi connectivity index (χ2v) is 12.5. The summed E-state index contributed by atoms with van der Waals surface area (Å²) in [6, 6.07) is 10.2. The molecular formula is C34H41F2N9O2. The first-order valence-corrected chi connectivity index (χ1v) is 16.2. The molecule has 3 fully saturated rings. The predicted molar refractivity (Wildman–Crippen MR) is 177 cm³/mol. The van der Waals surface area contributed by atoms with Crippen LogP contribution in [0.4, 0.5) is 31.8 Å². The number of aromatic nitrogens is 4. The molecule has 2 aromatic carbocycles. The highest BCUT2D eigenvalue weighted by molar-refractivity contribution is 5.85. The van der Waals surface area contributed by atoms with Gasteiger partial charge in [0, 0.05) is 99.5 Å². The van der Waals surface area contributed by atoms with Gasteiger partial charge in [0.2, 0.25) is 0 Å². The highest BCUT2D eigenvalue weighted by atomic mass is 19.2. The Kier molecular flexibility index (Phi) is 8.93. The van der Waals surface area contributed by atoms with Crippen LogP contribution in [-0.4, -0.2) is 95.6 Å². The molecule has 0 bridgehead atoms. The molecule has 5 heterocycles. The fourth-order valence-electron chi connectivity index (χ4n) is 6.98. The SMILES string of the molecule is COc1cc(N2CCC(N3CCN(C)CC3)CC2)c(-c2cnn(C)c2)cc1Nc1cc(N2OCC[C@@H]2c2cccc(F)c2F)ncn1. The number of hydrogen-bond donors (Lipinski definition) is 1. The molecule has 11 nitrogen and oxygen atoms in total. The third-order valence-electron chi connectivity index (χ3n) is 9.58. The summed E-state index contributed by atoms with van der Waals surface area (Å²) in [7, 11) is 5.78. The zero-order valence-electron chi connectivity index (χ0n) is 27.1. The number of nitrogens with zero attached hydrogens (tertiary/aromatic N) is 8. The largest absolute Gasteiger partial charge is 0.494 e. The minimum absolute atomic E-state index is 0.224. The lowest BCUT2D eigenvalue weighted by Crippen LogP contribution is -2.52. The van der Waals surface area contributed by atoms with Gasteiger partial charge in [-0.25, -0.2) is 23.8 Å². The molecular weight excluding hydrogens is 604 g/mol. The summed E-state index contributed by atoms with van der Waals surface area (Å²) in [5.74, 6) is -0.165. The lowest BCUT2D eigenvalue weighted by Gasteiger charge is -2.43. The van der Waals surface area contributed by atoms with E-state index >= 15 is 0 Å². The van der Waals surface area contributed by atoms with E-state index in [1.54, 1.807) is 23.9 Å². The fourth-order valence-corrected chi connectivity index (χ4v) is 6.98. The molecule has 248 valence electrons. The molecule has 0 spiro atoms. The molecule has 3 aliphatic rings. The third kappa shape index (κ3) is 6.47. The van der Waals surface area contributed by atoms with Gasteiger partial charge in [0.25, 0.3) is 0 Å². The van der Waals surface area contributed by atoms with Gasteiger partial charge in [0.05, 0.1) is 31.6 Å². The summed E-state index contributed by atoms with van der Waals surface area (Å²) in [6.07, 6.45) is 8.04. The average molecular weight is 646 g/mol. The number of piperidine rings is 1. The Labute approximate surface area is 273 Å². The van der Waals surface area contributed by atoms with E-state index in [9.17, 15) is 8.78 Å². The van der Waals surface area contributed by atoms with Crippen LogP contribution in [0.5, 0.6) is 5.75 Å². The Morgan fingerprint density at radius 3 is 2.51 bits per heavy atom. The van der Waals surface area contributed by atoms with Gasteiger partial charge >= 0.3 is 0 Å². The zero-order valence-corrected chi connectivity index (χ0v) is 27.1. The fraction of sp³-hybridized carbons (Fsp3) is 0.441. The van der Waals surface area contributed by atoms with Gasteiger partial charge in [0.15, 0.2) is 17.5 Å². The van der Waals surface area contributed by atoms with Crippen molar-refractivity contribution in [2.45, 2.75) is 31.3 Å². The van der Waals surface area contributed by atoms with Crippen molar-refractivity contribution in [3.8, 4) is 16.9 Å². The van der Waals surface area contributed by atoms with Gasteiger partial charge in [-0.1, -0.05) is 12.1 Å². The number of piperazine rings is 1. The number of rotatable bonds is 8. The van der Waals surface area contributed by atoms with Gasteiger partial charge in [-0.15, -0.1) is 0 Å². The van der Waals surface area contributed by atoms with Crippen LogP contribution in [0.3, 0.4) is 0 Å². The van der Waals surface area contributed by atoms with E-state index in [-0.39, 0.29) is 5.56 Å². The van der Waals surface area contributed by atoms with Crippen molar-refractivity contribution in [3.05, 3.63) is 72.3 Å². The average Bonchev–Trinajstić information content (AvgIpc) is 3.76. The standard InChI is InChI=1S/C34H41F2N9O2/c1-41-12-14-43(15-13-41)24-7-10-44(11-8-24)30-18-31(46-3)28(17-26(30)23-20-39-42(2)21-23)40-32-19-33(38-22-37-32)45-29(9-16-47-45)25-5-4-6-27(35)34(25)36/h4-6,17-22,24,29H,7-16H2,1-3H3,(H,37,38,40)/t29-/m1/s1. The van der Waals surface area contributed by atoms with Gasteiger partial charge in [-0.2, -0.15) is 5.10 Å². The summed E-state index contributed by atoms with van der Waals surface area (Å²) < 4.78 is 36.5. The number of benzene rings is 2. The normalized spacial score (nSPS) is 19.8. The Hall–Kier alpha value is -4.33. The maximum absolute atomic E-state index is 14.7. The topological polar surface area (TPSA) is 87.1 Å². The molecule has 0 saturated carbocycles. The smallest absolute Gasteiger partial charge is 0.164 e. The number of aryl methyl sites for hydroxylation is 1. The summed E-state index contributed by atoms with van der Waals surface area (Å²) in [4.78, 5) is 22.2. The summed E-state index contributed by atoms with van der Waals surface area (Å²) in [5.41, 5.74) is 4.09. The quantitative estimate of drug-likeness (QED) is 0.282. The number of anilines is 4. The summed E-state index contributed by atoms with van der Waals surface area (Å²) in [6.45, 7) is 6.78. The van der Waals surface area contributed by atoms with Crippen molar-refractivity contribution in [1.82, 2.24) is 29.5 Å². The molecule has 0 aliphatic carbocycles. The highest BCUT2D eigenvalue weighted by Crippen LogP contribution is 2.42. The Balaban J connectivity index is 1.15. The lowest BCUT2D eigenvalue weighted by molar-refractivity contribution is 0.0982. The number of halogens is 2. The summed E-state index contributed by atoms with van der Waals surface area (Å²) in [5, 5.41) is 9.40. The molecule has 1 N–H and O–H groups in total. The Morgan fingerprint density at radius 2 is 1.77 bits per heavy atom. The van der Waals surface area contributed by atoms with Gasteiger partial charge < -0.3 is 19.9 Å². The van der Waals surface area contributed by atoms with E-state index < -0.39 is 17.7 Å². The first-order chi connectivity index (χ1) is 22.9. The maximum atomic E-state index is 14.7. The maximum Gasteiger partial charge on any atom is 0.164 e. The molecule has 7 rings (SSSR count). The minimum atomic E-state index is -0.890. The van der Waals surface area contributed by atoms with Crippen LogP contribution in [0.2, 0.25) is 0 Å². The van der Waals surface area contributed by atoms with E-state index in [0.29, 0.717) is 36.5 Å².